The molecule has 5 heteroatoms. The summed E-state index contributed by atoms with van der Waals surface area (Å²) in [6, 6.07) is 15.4. The molecule has 0 saturated heterocycles. The van der Waals surface area contributed by atoms with Gasteiger partial charge in [-0.1, -0.05) is 39.0 Å². The number of anilines is 2. The summed E-state index contributed by atoms with van der Waals surface area (Å²) in [7, 11) is 0. The first-order chi connectivity index (χ1) is 12.9. The van der Waals surface area contributed by atoms with Gasteiger partial charge in [-0.05, 0) is 46.9 Å². The maximum Gasteiger partial charge on any atom is 0.251 e. The fourth-order valence-corrected chi connectivity index (χ4v) is 2.81. The molecule has 2 heterocycles. The van der Waals surface area contributed by atoms with Gasteiger partial charge in [0.2, 0.25) is 0 Å². The fraction of sp³-hybridized carbons (Fsp3) is 0.227. The third-order valence-electron chi connectivity index (χ3n) is 4.22. The molecular formula is C22H24N4O. The first-order valence-corrected chi connectivity index (χ1v) is 8.93. The summed E-state index contributed by atoms with van der Waals surface area (Å²) < 4.78 is 0. The Kier molecular flexibility index (Phi) is 5.50. The van der Waals surface area contributed by atoms with E-state index in [-0.39, 0.29) is 11.3 Å². The van der Waals surface area contributed by atoms with Gasteiger partial charge in [-0.3, -0.25) is 9.78 Å². The largest absolute Gasteiger partial charge is 0.348 e. The van der Waals surface area contributed by atoms with Gasteiger partial charge in [-0.15, -0.1) is 0 Å². The summed E-state index contributed by atoms with van der Waals surface area (Å²) in [4.78, 5) is 20.8. The van der Waals surface area contributed by atoms with E-state index in [2.05, 4.69) is 47.4 Å². The number of rotatable bonds is 5. The van der Waals surface area contributed by atoms with Gasteiger partial charge in [0, 0.05) is 36.4 Å². The molecule has 0 saturated carbocycles. The Bertz CT molecular complexity index is 917. The number of carbonyl (C=O) groups is 1. The van der Waals surface area contributed by atoms with Crippen molar-refractivity contribution in [3.63, 3.8) is 0 Å². The Morgan fingerprint density at radius 3 is 2.48 bits per heavy atom. The fourth-order valence-electron chi connectivity index (χ4n) is 2.81. The maximum absolute atomic E-state index is 12.5. The van der Waals surface area contributed by atoms with Crippen LogP contribution in [0, 0.1) is 0 Å². The van der Waals surface area contributed by atoms with Gasteiger partial charge in [-0.2, -0.15) is 0 Å². The first kappa shape index (κ1) is 18.6. The smallest absolute Gasteiger partial charge is 0.251 e. The topological polar surface area (TPSA) is 66.9 Å². The highest BCUT2D eigenvalue weighted by Gasteiger charge is 2.18. The van der Waals surface area contributed by atoms with Crippen LogP contribution in [0.1, 0.15) is 42.3 Å². The summed E-state index contributed by atoms with van der Waals surface area (Å²) in [5.74, 6) is 0.504. The van der Waals surface area contributed by atoms with Crippen LogP contribution in [0.25, 0.3) is 0 Å². The summed E-state index contributed by atoms with van der Waals surface area (Å²) in [5.41, 5.74) is 3.76. The minimum Gasteiger partial charge on any atom is -0.348 e. The molecule has 0 spiro atoms. The van der Waals surface area contributed by atoms with E-state index in [1.807, 2.05) is 30.3 Å². The first-order valence-electron chi connectivity index (χ1n) is 8.93. The lowest BCUT2D eigenvalue weighted by Crippen LogP contribution is -2.23. The molecule has 0 fully saturated rings. The maximum atomic E-state index is 12.5. The normalized spacial score (nSPS) is 11.1. The molecule has 0 aliphatic heterocycles. The van der Waals surface area contributed by atoms with Crippen LogP contribution in [0.4, 0.5) is 11.5 Å². The Labute approximate surface area is 159 Å². The van der Waals surface area contributed by atoms with Crippen molar-refractivity contribution in [2.45, 2.75) is 32.7 Å². The van der Waals surface area contributed by atoms with E-state index in [9.17, 15) is 4.79 Å². The third-order valence-corrected chi connectivity index (χ3v) is 4.22. The second-order valence-electron chi connectivity index (χ2n) is 7.39. The van der Waals surface area contributed by atoms with Crippen LogP contribution in [0.3, 0.4) is 0 Å². The molecule has 1 amide bonds. The number of hydrogen-bond acceptors (Lipinski definition) is 4. The predicted molar refractivity (Wildman–Crippen MR) is 108 cm³/mol. The van der Waals surface area contributed by atoms with E-state index in [4.69, 9.17) is 0 Å². The highest BCUT2D eigenvalue weighted by Crippen LogP contribution is 2.30. The van der Waals surface area contributed by atoms with Crippen molar-refractivity contribution in [1.82, 2.24) is 15.3 Å². The van der Waals surface area contributed by atoms with E-state index in [1.165, 1.54) is 5.56 Å². The van der Waals surface area contributed by atoms with Gasteiger partial charge in [0.05, 0.1) is 0 Å². The Morgan fingerprint density at radius 1 is 1.00 bits per heavy atom. The quantitative estimate of drug-likeness (QED) is 0.705. The molecule has 5 nitrogen and oxygen atoms in total. The van der Waals surface area contributed by atoms with Crippen molar-refractivity contribution in [2.75, 3.05) is 5.32 Å². The molecular weight excluding hydrogens is 336 g/mol. The molecule has 3 aromatic rings. The number of hydrogen-bond donors (Lipinski definition) is 2. The zero-order chi connectivity index (χ0) is 19.3. The zero-order valence-electron chi connectivity index (χ0n) is 15.9. The molecule has 0 aliphatic carbocycles. The molecule has 27 heavy (non-hydrogen) atoms. The lowest BCUT2D eigenvalue weighted by molar-refractivity contribution is 0.0951. The average Bonchev–Trinajstić information content (AvgIpc) is 2.67. The van der Waals surface area contributed by atoms with Crippen LogP contribution in [0.15, 0.2) is 67.1 Å². The third kappa shape index (κ3) is 4.91. The molecule has 0 aliphatic rings. The van der Waals surface area contributed by atoms with Crippen LogP contribution in [-0.4, -0.2) is 15.9 Å². The highest BCUT2D eigenvalue weighted by molar-refractivity contribution is 5.94. The molecule has 1 aromatic carbocycles. The van der Waals surface area contributed by atoms with Crippen molar-refractivity contribution in [3.05, 3.63) is 83.8 Å². The van der Waals surface area contributed by atoms with Gasteiger partial charge in [0.25, 0.3) is 5.91 Å². The lowest BCUT2D eigenvalue weighted by atomic mass is 9.86. The number of benzene rings is 1. The molecule has 0 bridgehead atoms. The number of aromatic nitrogens is 2. The van der Waals surface area contributed by atoms with Crippen LogP contribution < -0.4 is 10.6 Å². The molecule has 0 unspecified atom stereocenters. The SMILES string of the molecule is CC(C)(C)c1ccccc1Nc1cc(C(=O)NCc2ccncc2)ccn1. The number of para-hydroxylation sites is 1. The predicted octanol–water partition coefficient (Wildman–Crippen LogP) is 4.45. The highest BCUT2D eigenvalue weighted by atomic mass is 16.1. The Hall–Kier alpha value is -3.21. The molecule has 0 radical (unpaired) electrons. The lowest BCUT2D eigenvalue weighted by Gasteiger charge is -2.23. The van der Waals surface area contributed by atoms with Gasteiger partial charge in [0.1, 0.15) is 5.82 Å². The Balaban J connectivity index is 1.74. The molecule has 3 rings (SSSR count). The number of pyridine rings is 2. The van der Waals surface area contributed by atoms with Gasteiger partial charge < -0.3 is 10.6 Å². The zero-order valence-corrected chi connectivity index (χ0v) is 15.9. The van der Waals surface area contributed by atoms with E-state index < -0.39 is 0 Å². The molecule has 138 valence electrons. The minimum atomic E-state index is -0.138. The minimum absolute atomic E-state index is 0.00309. The van der Waals surface area contributed by atoms with E-state index in [1.54, 1.807) is 30.7 Å². The molecule has 0 atom stereocenters. The second-order valence-corrected chi connectivity index (χ2v) is 7.39. The van der Waals surface area contributed by atoms with Crippen molar-refractivity contribution in [2.24, 2.45) is 0 Å². The monoisotopic (exact) mass is 360 g/mol. The van der Waals surface area contributed by atoms with Crippen LogP contribution >= 0.6 is 0 Å². The van der Waals surface area contributed by atoms with Crippen molar-refractivity contribution in [1.29, 1.82) is 0 Å². The average molecular weight is 360 g/mol. The van der Waals surface area contributed by atoms with Crippen molar-refractivity contribution < 1.29 is 4.79 Å². The van der Waals surface area contributed by atoms with E-state index in [0.29, 0.717) is 17.9 Å². The van der Waals surface area contributed by atoms with Crippen LogP contribution in [-0.2, 0) is 12.0 Å². The number of nitrogens with one attached hydrogen (secondary N) is 2. The number of amides is 1. The molecule has 2 aromatic heterocycles. The standard InChI is InChI=1S/C22H24N4O/c1-22(2,3)18-6-4-5-7-19(18)26-20-14-17(10-13-24-20)21(27)25-15-16-8-11-23-12-9-16/h4-14H,15H2,1-3H3,(H,24,26)(H,25,27). The van der Waals surface area contributed by atoms with Crippen molar-refractivity contribution >= 4 is 17.4 Å². The van der Waals surface area contributed by atoms with E-state index >= 15 is 0 Å². The van der Waals surface area contributed by atoms with Crippen LogP contribution in [0.5, 0.6) is 0 Å². The molecule has 2 N–H and O–H groups in total. The van der Waals surface area contributed by atoms with Gasteiger partial charge in [0.15, 0.2) is 0 Å². The summed E-state index contributed by atoms with van der Waals surface area (Å²) in [6.45, 7) is 6.97. The number of carbonyl (C=O) groups excluding carboxylic acids is 1. The van der Waals surface area contributed by atoms with Gasteiger partial charge >= 0.3 is 0 Å². The number of nitrogens with zero attached hydrogens (tertiary/aromatic N) is 2. The van der Waals surface area contributed by atoms with Gasteiger partial charge in [-0.25, -0.2) is 4.98 Å². The van der Waals surface area contributed by atoms with Crippen molar-refractivity contribution in [3.8, 4) is 0 Å². The van der Waals surface area contributed by atoms with E-state index in [0.717, 1.165) is 11.3 Å². The summed E-state index contributed by atoms with van der Waals surface area (Å²) >= 11 is 0. The summed E-state index contributed by atoms with van der Waals surface area (Å²) in [5, 5.41) is 6.27. The van der Waals surface area contributed by atoms with Crippen LogP contribution in [0.2, 0.25) is 0 Å². The summed E-state index contributed by atoms with van der Waals surface area (Å²) in [6.07, 6.45) is 5.06. The Morgan fingerprint density at radius 2 is 1.74 bits per heavy atom. The second kappa shape index (κ2) is 7.99.